The minimum absolute atomic E-state index is 0.103. The topological polar surface area (TPSA) is 88.5 Å². The highest BCUT2D eigenvalue weighted by Crippen LogP contribution is 2.20. The number of carbonyl (C=O) groups excluding carboxylic acids is 1. The molecule has 122 valence electrons. The van der Waals surface area contributed by atoms with E-state index in [1.807, 2.05) is 0 Å². The molecule has 23 heavy (non-hydrogen) atoms. The van der Waals surface area contributed by atoms with Crippen LogP contribution in [0.5, 0.6) is 0 Å². The number of anilines is 1. The van der Waals surface area contributed by atoms with Crippen LogP contribution in [0.25, 0.3) is 0 Å². The molecule has 0 fully saturated rings. The number of benzene rings is 1. The lowest BCUT2D eigenvalue weighted by molar-refractivity contribution is 0.0696. The van der Waals surface area contributed by atoms with Gasteiger partial charge in [-0.1, -0.05) is 6.92 Å². The molecule has 1 aromatic carbocycles. The quantitative estimate of drug-likeness (QED) is 0.812. The molecule has 2 N–H and O–H groups in total. The van der Waals surface area contributed by atoms with Gasteiger partial charge in [-0.05, 0) is 36.6 Å². The van der Waals surface area contributed by atoms with Crippen molar-refractivity contribution >= 4 is 28.9 Å². The van der Waals surface area contributed by atoms with Gasteiger partial charge in [0.2, 0.25) is 0 Å². The Labute approximate surface area is 138 Å². The number of amides is 1. The first-order chi connectivity index (χ1) is 11.0. The number of hydrogen-bond acceptors (Lipinski definition) is 5. The molecule has 0 spiro atoms. The smallest absolute Gasteiger partial charge is 0.335 e. The molecule has 0 radical (unpaired) electrons. The van der Waals surface area contributed by atoms with Gasteiger partial charge in [-0.2, -0.15) is 0 Å². The van der Waals surface area contributed by atoms with Crippen LogP contribution in [0, 0.1) is 0 Å². The Morgan fingerprint density at radius 3 is 2.78 bits per heavy atom. The van der Waals surface area contributed by atoms with Crippen molar-refractivity contribution in [2.24, 2.45) is 0 Å². The summed E-state index contributed by atoms with van der Waals surface area (Å²) < 4.78 is 5.02. The second kappa shape index (κ2) is 7.85. The van der Waals surface area contributed by atoms with Gasteiger partial charge in [-0.15, -0.1) is 11.3 Å². The molecule has 6 nitrogen and oxygen atoms in total. The summed E-state index contributed by atoms with van der Waals surface area (Å²) in [5.41, 5.74) is 1.21. The van der Waals surface area contributed by atoms with E-state index in [1.165, 1.54) is 30.6 Å². The van der Waals surface area contributed by atoms with Crippen molar-refractivity contribution in [3.05, 3.63) is 45.4 Å². The number of aryl methyl sites for hydroxylation is 1. The Morgan fingerprint density at radius 1 is 1.35 bits per heavy atom. The number of hydrogen-bond donors (Lipinski definition) is 2. The van der Waals surface area contributed by atoms with E-state index in [0.717, 1.165) is 17.8 Å². The van der Waals surface area contributed by atoms with Crippen LogP contribution in [0.15, 0.2) is 24.4 Å². The predicted molar refractivity (Wildman–Crippen MR) is 88.2 cm³/mol. The molecule has 0 atom stereocenters. The lowest BCUT2D eigenvalue weighted by Crippen LogP contribution is -2.11. The average Bonchev–Trinajstić information content (AvgIpc) is 2.96. The minimum atomic E-state index is -1.05. The van der Waals surface area contributed by atoms with Crippen LogP contribution < -0.4 is 5.32 Å². The number of carboxylic acids is 1. The predicted octanol–water partition coefficient (Wildman–Crippen LogP) is 3.19. The van der Waals surface area contributed by atoms with Gasteiger partial charge in [0.15, 0.2) is 0 Å². The third kappa shape index (κ3) is 4.61. The molecular weight excluding hydrogens is 316 g/mol. The Hall–Kier alpha value is -2.25. The maximum Gasteiger partial charge on any atom is 0.335 e. The molecular formula is C16H18N2O4S. The van der Waals surface area contributed by atoms with Gasteiger partial charge < -0.3 is 15.2 Å². The first kappa shape index (κ1) is 17.1. The summed E-state index contributed by atoms with van der Waals surface area (Å²) in [4.78, 5) is 28.1. The number of aromatic carboxylic acids is 1. The Balaban J connectivity index is 2.20. The number of carbonyl (C=O) groups is 2. The van der Waals surface area contributed by atoms with Crippen LogP contribution in [0.3, 0.4) is 0 Å². The van der Waals surface area contributed by atoms with Crippen molar-refractivity contribution in [2.45, 2.75) is 26.4 Å². The molecule has 0 aliphatic carbocycles. The van der Waals surface area contributed by atoms with Crippen LogP contribution in [0.2, 0.25) is 0 Å². The zero-order valence-corrected chi connectivity index (χ0v) is 13.8. The van der Waals surface area contributed by atoms with Gasteiger partial charge in [-0.25, -0.2) is 9.78 Å². The third-order valence-corrected chi connectivity index (χ3v) is 4.11. The third-order valence-electron chi connectivity index (χ3n) is 3.05. The molecule has 2 rings (SSSR count). The van der Waals surface area contributed by atoms with Crippen LogP contribution in [-0.2, 0) is 17.8 Å². The number of rotatable bonds is 7. The molecule has 1 aromatic heterocycles. The zero-order chi connectivity index (χ0) is 16.8. The van der Waals surface area contributed by atoms with E-state index in [1.54, 1.807) is 12.3 Å². The molecule has 0 bridgehead atoms. The van der Waals surface area contributed by atoms with Crippen molar-refractivity contribution in [1.29, 1.82) is 0 Å². The second-order valence-corrected chi connectivity index (χ2v) is 6.09. The van der Waals surface area contributed by atoms with Crippen molar-refractivity contribution < 1.29 is 19.4 Å². The van der Waals surface area contributed by atoms with E-state index in [2.05, 4.69) is 17.2 Å². The number of nitrogens with one attached hydrogen (secondary N) is 1. The number of thiazole rings is 1. The van der Waals surface area contributed by atoms with E-state index >= 15 is 0 Å². The SMILES string of the molecule is CCCc1ncc(C(=O)Nc2cc(COC)cc(C(=O)O)c2)s1. The maximum absolute atomic E-state index is 12.3. The van der Waals surface area contributed by atoms with Gasteiger partial charge in [0.05, 0.1) is 23.4 Å². The largest absolute Gasteiger partial charge is 0.478 e. The van der Waals surface area contributed by atoms with Crippen molar-refractivity contribution in [3.63, 3.8) is 0 Å². The highest BCUT2D eigenvalue weighted by Gasteiger charge is 2.13. The first-order valence-electron chi connectivity index (χ1n) is 7.15. The van der Waals surface area contributed by atoms with Crippen molar-refractivity contribution in [1.82, 2.24) is 4.98 Å². The van der Waals surface area contributed by atoms with Crippen LogP contribution in [-0.4, -0.2) is 29.1 Å². The molecule has 1 heterocycles. The van der Waals surface area contributed by atoms with Crippen LogP contribution >= 0.6 is 11.3 Å². The van der Waals surface area contributed by atoms with Crippen molar-refractivity contribution in [2.75, 3.05) is 12.4 Å². The molecule has 0 saturated carbocycles. The standard InChI is InChI=1S/C16H18N2O4S/c1-3-4-14-17-8-13(23-14)15(19)18-12-6-10(9-22-2)5-11(7-12)16(20)21/h5-8H,3-4,9H2,1-2H3,(H,18,19)(H,20,21). The highest BCUT2D eigenvalue weighted by atomic mass is 32.1. The Bertz CT molecular complexity index is 712. The monoisotopic (exact) mass is 334 g/mol. The second-order valence-electron chi connectivity index (χ2n) is 4.98. The summed E-state index contributed by atoms with van der Waals surface area (Å²) in [6.07, 6.45) is 3.35. The number of methoxy groups -OCH3 is 1. The van der Waals surface area contributed by atoms with Crippen molar-refractivity contribution in [3.8, 4) is 0 Å². The molecule has 2 aromatic rings. The molecule has 7 heteroatoms. The summed E-state index contributed by atoms with van der Waals surface area (Å²) in [5.74, 6) is -1.35. The van der Waals surface area contributed by atoms with Gasteiger partial charge >= 0.3 is 5.97 Å². The van der Waals surface area contributed by atoms with E-state index in [0.29, 0.717) is 16.1 Å². The highest BCUT2D eigenvalue weighted by molar-refractivity contribution is 7.13. The summed E-state index contributed by atoms with van der Waals surface area (Å²) >= 11 is 1.35. The van der Waals surface area contributed by atoms with Gasteiger partial charge in [0.25, 0.3) is 5.91 Å². The molecule has 0 aliphatic rings. The molecule has 1 amide bonds. The normalized spacial score (nSPS) is 10.5. The first-order valence-corrected chi connectivity index (χ1v) is 7.97. The molecule has 0 aliphatic heterocycles. The minimum Gasteiger partial charge on any atom is -0.478 e. The fraction of sp³-hybridized carbons (Fsp3) is 0.312. The van der Waals surface area contributed by atoms with Crippen LogP contribution in [0.4, 0.5) is 5.69 Å². The van der Waals surface area contributed by atoms with E-state index in [4.69, 9.17) is 9.84 Å². The Morgan fingerprint density at radius 2 is 2.13 bits per heavy atom. The molecule has 0 saturated heterocycles. The van der Waals surface area contributed by atoms with E-state index in [9.17, 15) is 9.59 Å². The number of nitrogens with zero attached hydrogens (tertiary/aromatic N) is 1. The number of carboxylic acid groups (broad SMARTS) is 1. The molecule has 0 unspecified atom stereocenters. The maximum atomic E-state index is 12.3. The van der Waals surface area contributed by atoms with Gasteiger partial charge in [0.1, 0.15) is 4.88 Å². The number of ether oxygens (including phenoxy) is 1. The lowest BCUT2D eigenvalue weighted by atomic mass is 10.1. The number of aromatic nitrogens is 1. The summed E-state index contributed by atoms with van der Waals surface area (Å²) in [5, 5.41) is 12.8. The fourth-order valence-electron chi connectivity index (χ4n) is 2.08. The summed E-state index contributed by atoms with van der Waals surface area (Å²) in [7, 11) is 1.53. The van der Waals surface area contributed by atoms with E-state index < -0.39 is 5.97 Å². The fourth-order valence-corrected chi connectivity index (χ4v) is 2.99. The summed E-state index contributed by atoms with van der Waals surface area (Å²) in [6.45, 7) is 2.32. The zero-order valence-electron chi connectivity index (χ0n) is 13.0. The van der Waals surface area contributed by atoms with Gasteiger partial charge in [0, 0.05) is 12.8 Å². The van der Waals surface area contributed by atoms with E-state index in [-0.39, 0.29) is 18.1 Å². The lowest BCUT2D eigenvalue weighted by Gasteiger charge is -2.08. The van der Waals surface area contributed by atoms with Gasteiger partial charge in [-0.3, -0.25) is 4.79 Å². The Kier molecular flexibility index (Phi) is 5.84. The average molecular weight is 334 g/mol. The summed E-state index contributed by atoms with van der Waals surface area (Å²) in [6, 6.07) is 4.64. The van der Waals surface area contributed by atoms with Crippen LogP contribution in [0.1, 0.15) is 43.9 Å².